The lowest BCUT2D eigenvalue weighted by Gasteiger charge is -2.22. The third-order valence-electron chi connectivity index (χ3n) is 2.89. The van der Waals surface area contributed by atoms with Gasteiger partial charge in [0.05, 0.1) is 0 Å². The van der Waals surface area contributed by atoms with Crippen LogP contribution in [-0.4, -0.2) is 0 Å². The molecule has 2 unspecified atom stereocenters. The summed E-state index contributed by atoms with van der Waals surface area (Å²) in [5.74, 6) is 2.22. The molecule has 0 heterocycles. The third-order valence-corrected chi connectivity index (χ3v) is 2.89. The van der Waals surface area contributed by atoms with Gasteiger partial charge in [0.1, 0.15) is 0 Å². The minimum absolute atomic E-state index is 0.708. The van der Waals surface area contributed by atoms with Gasteiger partial charge in [0, 0.05) is 5.92 Å². The van der Waals surface area contributed by atoms with Gasteiger partial charge in [-0.25, -0.2) is 0 Å². The van der Waals surface area contributed by atoms with Gasteiger partial charge in [-0.15, -0.1) is 0 Å². The van der Waals surface area contributed by atoms with E-state index in [0.717, 1.165) is 11.8 Å². The van der Waals surface area contributed by atoms with Crippen molar-refractivity contribution in [3.63, 3.8) is 0 Å². The van der Waals surface area contributed by atoms with Crippen molar-refractivity contribution in [2.75, 3.05) is 0 Å². The molecule has 0 amide bonds. The Labute approximate surface area is 76.4 Å². The quantitative estimate of drug-likeness (QED) is 0.595. The summed E-state index contributed by atoms with van der Waals surface area (Å²) in [5.41, 5.74) is 1.63. The lowest BCUT2D eigenvalue weighted by Crippen LogP contribution is -2.11. The zero-order valence-electron chi connectivity index (χ0n) is 8.67. The van der Waals surface area contributed by atoms with Crippen molar-refractivity contribution in [1.29, 1.82) is 0 Å². The molecule has 0 bridgehead atoms. The van der Waals surface area contributed by atoms with Gasteiger partial charge in [-0.3, -0.25) is 0 Å². The maximum absolute atomic E-state index is 2.34. The van der Waals surface area contributed by atoms with E-state index in [1.165, 1.54) is 6.42 Å². The van der Waals surface area contributed by atoms with Gasteiger partial charge in [0.25, 0.3) is 0 Å². The van der Waals surface area contributed by atoms with Gasteiger partial charge >= 0.3 is 0 Å². The van der Waals surface area contributed by atoms with Crippen LogP contribution in [0.25, 0.3) is 0 Å². The van der Waals surface area contributed by atoms with Crippen molar-refractivity contribution < 1.29 is 0 Å². The molecule has 0 spiro atoms. The number of hydrogen-bond acceptors (Lipinski definition) is 0. The molecule has 0 N–H and O–H groups in total. The lowest BCUT2D eigenvalue weighted by atomic mass is 9.83. The van der Waals surface area contributed by atoms with Crippen LogP contribution in [0.5, 0.6) is 0 Å². The smallest absolute Gasteiger partial charge is 0.000867 e. The van der Waals surface area contributed by atoms with Gasteiger partial charge in [-0.1, -0.05) is 51.5 Å². The average molecular weight is 164 g/mol. The first-order valence-corrected chi connectivity index (χ1v) is 5.05. The first-order chi connectivity index (χ1) is 5.66. The average Bonchev–Trinajstić information content (AvgIpc) is 2.50. The van der Waals surface area contributed by atoms with Gasteiger partial charge < -0.3 is 0 Å². The minimum Gasteiger partial charge on any atom is -0.0771 e. The molecule has 12 heavy (non-hydrogen) atoms. The fraction of sp³-hybridized carbons (Fsp3) is 0.667. The molecule has 0 aromatic rings. The van der Waals surface area contributed by atoms with E-state index in [1.807, 2.05) is 0 Å². The highest BCUT2D eigenvalue weighted by molar-refractivity contribution is 5.29. The normalized spacial score (nSPS) is 24.8. The zero-order valence-corrected chi connectivity index (χ0v) is 8.67. The second-order valence-corrected chi connectivity index (χ2v) is 4.13. The van der Waals surface area contributed by atoms with E-state index in [4.69, 9.17) is 0 Å². The van der Waals surface area contributed by atoms with Crippen LogP contribution in [-0.2, 0) is 0 Å². The van der Waals surface area contributed by atoms with Gasteiger partial charge in [-0.2, -0.15) is 0 Å². The largest absolute Gasteiger partial charge is 0.0771 e. The summed E-state index contributed by atoms with van der Waals surface area (Å²) in [7, 11) is 0. The summed E-state index contributed by atoms with van der Waals surface area (Å²) in [4.78, 5) is 0. The predicted molar refractivity (Wildman–Crippen MR) is 55.0 cm³/mol. The Bertz CT molecular complexity index is 196. The molecule has 1 aliphatic rings. The number of allylic oxidation sites excluding steroid dienone is 4. The summed E-state index contributed by atoms with van der Waals surface area (Å²) >= 11 is 0. The van der Waals surface area contributed by atoms with E-state index in [0.29, 0.717) is 5.92 Å². The highest BCUT2D eigenvalue weighted by atomic mass is 14.3. The van der Waals surface area contributed by atoms with Gasteiger partial charge in [-0.05, 0) is 18.3 Å². The Morgan fingerprint density at radius 1 is 1.33 bits per heavy atom. The summed E-state index contributed by atoms with van der Waals surface area (Å²) in [5, 5.41) is 0. The van der Waals surface area contributed by atoms with E-state index in [2.05, 4.69) is 45.9 Å². The molecule has 2 atom stereocenters. The lowest BCUT2D eigenvalue weighted by molar-refractivity contribution is 0.473. The van der Waals surface area contributed by atoms with Crippen molar-refractivity contribution in [2.24, 2.45) is 17.8 Å². The van der Waals surface area contributed by atoms with Crippen molar-refractivity contribution in [3.05, 3.63) is 23.8 Å². The molecule has 0 saturated heterocycles. The van der Waals surface area contributed by atoms with E-state index in [-0.39, 0.29) is 0 Å². The molecule has 1 aliphatic carbocycles. The maximum atomic E-state index is 2.34. The van der Waals surface area contributed by atoms with E-state index in [9.17, 15) is 0 Å². The minimum atomic E-state index is 0.708. The predicted octanol–water partition coefficient (Wildman–Crippen LogP) is 3.80. The van der Waals surface area contributed by atoms with E-state index in [1.54, 1.807) is 5.57 Å². The molecule has 0 aromatic heterocycles. The summed E-state index contributed by atoms with van der Waals surface area (Å²) in [6, 6.07) is 0. The van der Waals surface area contributed by atoms with Gasteiger partial charge in [0.15, 0.2) is 0 Å². The van der Waals surface area contributed by atoms with E-state index < -0.39 is 0 Å². The van der Waals surface area contributed by atoms with Crippen LogP contribution in [0.3, 0.4) is 0 Å². The van der Waals surface area contributed by atoms with Crippen molar-refractivity contribution >= 4 is 0 Å². The molecule has 0 aromatic carbocycles. The summed E-state index contributed by atoms with van der Waals surface area (Å²) < 4.78 is 0. The SMILES string of the molecule is CCC(C)C1=CC=CC1C(C)C. The second-order valence-electron chi connectivity index (χ2n) is 4.13. The molecule has 68 valence electrons. The fourth-order valence-electron chi connectivity index (χ4n) is 1.84. The maximum Gasteiger partial charge on any atom is 0.000867 e. The summed E-state index contributed by atoms with van der Waals surface area (Å²) in [6.07, 6.45) is 8.12. The molecule has 0 heteroatoms. The fourth-order valence-corrected chi connectivity index (χ4v) is 1.84. The number of rotatable bonds is 3. The monoisotopic (exact) mass is 164 g/mol. The Morgan fingerprint density at radius 2 is 2.00 bits per heavy atom. The molecular formula is C12H20. The Balaban J connectivity index is 2.67. The Morgan fingerprint density at radius 3 is 2.50 bits per heavy atom. The van der Waals surface area contributed by atoms with Crippen LogP contribution in [0.1, 0.15) is 34.1 Å². The molecule has 0 aliphatic heterocycles. The standard InChI is InChI=1S/C12H20/c1-5-10(4)12-8-6-7-11(12)9(2)3/h6-11H,5H2,1-4H3. The van der Waals surface area contributed by atoms with Crippen LogP contribution < -0.4 is 0 Å². The van der Waals surface area contributed by atoms with E-state index >= 15 is 0 Å². The van der Waals surface area contributed by atoms with Crippen LogP contribution in [0.15, 0.2) is 23.8 Å². The number of hydrogen-bond donors (Lipinski definition) is 0. The molecule has 0 fully saturated rings. The third kappa shape index (κ3) is 1.80. The Hall–Kier alpha value is -0.520. The van der Waals surface area contributed by atoms with Crippen LogP contribution >= 0.6 is 0 Å². The second kappa shape index (κ2) is 3.93. The summed E-state index contributed by atoms with van der Waals surface area (Å²) in [6.45, 7) is 9.20. The zero-order chi connectivity index (χ0) is 9.14. The molecule has 0 saturated carbocycles. The first kappa shape index (κ1) is 9.57. The first-order valence-electron chi connectivity index (χ1n) is 5.05. The van der Waals surface area contributed by atoms with Crippen molar-refractivity contribution in [2.45, 2.75) is 34.1 Å². The molecule has 0 radical (unpaired) electrons. The molecular weight excluding hydrogens is 144 g/mol. The Kier molecular flexibility index (Phi) is 3.13. The highest BCUT2D eigenvalue weighted by Gasteiger charge is 2.21. The van der Waals surface area contributed by atoms with Gasteiger partial charge in [0.2, 0.25) is 0 Å². The molecule has 0 nitrogen and oxygen atoms in total. The molecule has 1 rings (SSSR count). The highest BCUT2D eigenvalue weighted by Crippen LogP contribution is 2.33. The van der Waals surface area contributed by atoms with Crippen LogP contribution in [0.2, 0.25) is 0 Å². The van der Waals surface area contributed by atoms with Crippen LogP contribution in [0.4, 0.5) is 0 Å². The van der Waals surface area contributed by atoms with Crippen LogP contribution in [0, 0.1) is 17.8 Å². The van der Waals surface area contributed by atoms with Crippen molar-refractivity contribution in [1.82, 2.24) is 0 Å². The van der Waals surface area contributed by atoms with Crippen molar-refractivity contribution in [3.8, 4) is 0 Å². The topological polar surface area (TPSA) is 0 Å².